The number of anilines is 1. The second kappa shape index (κ2) is 6.16. The van der Waals surface area contributed by atoms with Crippen LogP contribution in [0.25, 0.3) is 0 Å². The van der Waals surface area contributed by atoms with E-state index in [4.69, 9.17) is 10.8 Å². The fourth-order valence-electron chi connectivity index (χ4n) is 1.46. The van der Waals surface area contributed by atoms with Crippen LogP contribution in [0.15, 0.2) is 18.2 Å². The van der Waals surface area contributed by atoms with Crippen LogP contribution < -0.4 is 11.1 Å². The Morgan fingerprint density at radius 3 is 2.56 bits per heavy atom. The van der Waals surface area contributed by atoms with Gasteiger partial charge in [0.15, 0.2) is 0 Å². The number of aliphatic carboxylic acids is 1. The van der Waals surface area contributed by atoms with E-state index in [1.807, 2.05) is 26.0 Å². The Bertz CT molecular complexity index is 458. The average Bonchev–Trinajstić information content (AvgIpc) is 2.30. The summed E-state index contributed by atoms with van der Waals surface area (Å²) in [6.07, 6.45) is 0.0214. The number of hydrogen-bond donors (Lipinski definition) is 3. The van der Waals surface area contributed by atoms with Crippen molar-refractivity contribution >= 4 is 17.6 Å². The number of carbonyl (C=O) groups is 2. The van der Waals surface area contributed by atoms with Crippen molar-refractivity contribution in [2.75, 3.05) is 5.32 Å². The molecule has 0 radical (unpaired) electrons. The molecule has 98 valence electrons. The van der Waals surface area contributed by atoms with Crippen molar-refractivity contribution in [1.29, 1.82) is 0 Å². The molecule has 1 atom stereocenters. The number of hydrogen-bond acceptors (Lipinski definition) is 3. The first-order valence-electron chi connectivity index (χ1n) is 5.75. The van der Waals surface area contributed by atoms with Crippen LogP contribution in [0, 0.1) is 13.8 Å². The molecule has 0 fully saturated rings. The van der Waals surface area contributed by atoms with Gasteiger partial charge in [-0.3, -0.25) is 9.59 Å². The lowest BCUT2D eigenvalue weighted by molar-refractivity contribution is -0.137. The van der Waals surface area contributed by atoms with Gasteiger partial charge in [0.1, 0.15) is 0 Å². The SMILES string of the molecule is Cc1ccc(NC(=O)C(N)CCC(=O)O)cc1C. The van der Waals surface area contributed by atoms with Crippen molar-refractivity contribution in [1.82, 2.24) is 0 Å². The first kappa shape index (κ1) is 14.2. The number of nitrogens with one attached hydrogen (secondary N) is 1. The van der Waals surface area contributed by atoms with E-state index in [-0.39, 0.29) is 18.7 Å². The molecular formula is C13H18N2O3. The lowest BCUT2D eigenvalue weighted by Gasteiger charge is -2.12. The van der Waals surface area contributed by atoms with Crippen LogP contribution in [0.1, 0.15) is 24.0 Å². The van der Waals surface area contributed by atoms with Crippen LogP contribution in [0.5, 0.6) is 0 Å². The summed E-state index contributed by atoms with van der Waals surface area (Å²) in [5, 5.41) is 11.2. The molecule has 0 heterocycles. The first-order valence-corrected chi connectivity index (χ1v) is 5.75. The topological polar surface area (TPSA) is 92.4 Å². The number of carboxylic acids is 1. The molecule has 5 nitrogen and oxygen atoms in total. The molecule has 1 aromatic rings. The molecule has 0 aliphatic heterocycles. The van der Waals surface area contributed by atoms with Crippen molar-refractivity contribution in [2.24, 2.45) is 5.73 Å². The van der Waals surface area contributed by atoms with Crippen LogP contribution in [-0.4, -0.2) is 23.0 Å². The Balaban J connectivity index is 2.58. The highest BCUT2D eigenvalue weighted by Crippen LogP contribution is 2.14. The van der Waals surface area contributed by atoms with E-state index in [0.29, 0.717) is 5.69 Å². The van der Waals surface area contributed by atoms with Crippen molar-refractivity contribution < 1.29 is 14.7 Å². The van der Waals surface area contributed by atoms with Gasteiger partial charge >= 0.3 is 5.97 Å². The van der Waals surface area contributed by atoms with Gasteiger partial charge in [0.2, 0.25) is 5.91 Å². The van der Waals surface area contributed by atoms with Crippen molar-refractivity contribution in [3.8, 4) is 0 Å². The highest BCUT2D eigenvalue weighted by Gasteiger charge is 2.15. The molecule has 1 unspecified atom stereocenters. The van der Waals surface area contributed by atoms with Gasteiger partial charge in [-0.15, -0.1) is 0 Å². The summed E-state index contributed by atoms with van der Waals surface area (Å²) in [4.78, 5) is 22.1. The average molecular weight is 250 g/mol. The minimum Gasteiger partial charge on any atom is -0.481 e. The number of carbonyl (C=O) groups excluding carboxylic acids is 1. The van der Waals surface area contributed by atoms with Gasteiger partial charge in [0, 0.05) is 12.1 Å². The molecule has 5 heteroatoms. The minimum atomic E-state index is -0.954. The fraction of sp³-hybridized carbons (Fsp3) is 0.385. The van der Waals surface area contributed by atoms with Crippen molar-refractivity contribution in [3.05, 3.63) is 29.3 Å². The summed E-state index contributed by atoms with van der Waals surface area (Å²) in [5.74, 6) is -1.32. The molecular weight excluding hydrogens is 232 g/mol. The maximum Gasteiger partial charge on any atom is 0.303 e. The first-order chi connectivity index (χ1) is 8.40. The predicted octanol–water partition coefficient (Wildman–Crippen LogP) is 1.43. The molecule has 4 N–H and O–H groups in total. The fourth-order valence-corrected chi connectivity index (χ4v) is 1.46. The number of rotatable bonds is 5. The molecule has 0 aliphatic carbocycles. The number of amides is 1. The molecule has 1 rings (SSSR count). The van der Waals surface area contributed by atoms with Crippen molar-refractivity contribution in [3.63, 3.8) is 0 Å². The van der Waals surface area contributed by atoms with Crippen LogP contribution >= 0.6 is 0 Å². The van der Waals surface area contributed by atoms with Gasteiger partial charge in [-0.1, -0.05) is 6.07 Å². The Hall–Kier alpha value is -1.88. The number of benzene rings is 1. The van der Waals surface area contributed by atoms with E-state index in [1.54, 1.807) is 6.07 Å². The third kappa shape index (κ3) is 4.18. The number of carboxylic acid groups (broad SMARTS) is 1. The molecule has 0 spiro atoms. The van der Waals surface area contributed by atoms with E-state index in [0.717, 1.165) is 11.1 Å². The van der Waals surface area contributed by atoms with Crippen LogP contribution in [-0.2, 0) is 9.59 Å². The Labute approximate surface area is 106 Å². The van der Waals surface area contributed by atoms with E-state index >= 15 is 0 Å². The summed E-state index contributed by atoms with van der Waals surface area (Å²) in [5.41, 5.74) is 8.50. The van der Waals surface area contributed by atoms with Crippen LogP contribution in [0.3, 0.4) is 0 Å². The molecule has 0 saturated carbocycles. The van der Waals surface area contributed by atoms with E-state index < -0.39 is 12.0 Å². The zero-order valence-electron chi connectivity index (χ0n) is 10.6. The third-order valence-electron chi connectivity index (χ3n) is 2.78. The summed E-state index contributed by atoms with van der Waals surface area (Å²) in [6.45, 7) is 3.94. The van der Waals surface area contributed by atoms with E-state index in [2.05, 4.69) is 5.32 Å². The smallest absolute Gasteiger partial charge is 0.303 e. The predicted molar refractivity (Wildman–Crippen MR) is 69.4 cm³/mol. The molecule has 0 bridgehead atoms. The zero-order chi connectivity index (χ0) is 13.7. The molecule has 0 saturated heterocycles. The second-order valence-corrected chi connectivity index (χ2v) is 4.33. The molecule has 0 aromatic heterocycles. The monoisotopic (exact) mass is 250 g/mol. The molecule has 1 amide bonds. The van der Waals surface area contributed by atoms with Crippen LogP contribution in [0.2, 0.25) is 0 Å². The van der Waals surface area contributed by atoms with E-state index in [1.165, 1.54) is 0 Å². The molecule has 0 aliphatic rings. The summed E-state index contributed by atoms with van der Waals surface area (Å²) in [7, 11) is 0. The molecule has 1 aromatic carbocycles. The summed E-state index contributed by atoms with van der Waals surface area (Å²) in [6, 6.07) is 4.76. The lowest BCUT2D eigenvalue weighted by atomic mass is 10.1. The maximum absolute atomic E-state index is 11.7. The van der Waals surface area contributed by atoms with Gasteiger partial charge in [-0.05, 0) is 43.5 Å². The van der Waals surface area contributed by atoms with Gasteiger partial charge in [-0.2, -0.15) is 0 Å². The van der Waals surface area contributed by atoms with Crippen LogP contribution in [0.4, 0.5) is 5.69 Å². The normalized spacial score (nSPS) is 11.9. The number of aryl methyl sites for hydroxylation is 2. The Kier molecular flexibility index (Phi) is 4.85. The second-order valence-electron chi connectivity index (χ2n) is 4.33. The van der Waals surface area contributed by atoms with Gasteiger partial charge < -0.3 is 16.2 Å². The largest absolute Gasteiger partial charge is 0.481 e. The Morgan fingerprint density at radius 1 is 1.33 bits per heavy atom. The van der Waals surface area contributed by atoms with Crippen molar-refractivity contribution in [2.45, 2.75) is 32.7 Å². The van der Waals surface area contributed by atoms with Gasteiger partial charge in [0.25, 0.3) is 0 Å². The lowest BCUT2D eigenvalue weighted by Crippen LogP contribution is -2.36. The highest BCUT2D eigenvalue weighted by atomic mass is 16.4. The van der Waals surface area contributed by atoms with E-state index in [9.17, 15) is 9.59 Å². The standard InChI is InChI=1S/C13H18N2O3/c1-8-3-4-10(7-9(8)2)15-13(18)11(14)5-6-12(16)17/h3-4,7,11H,5-6,14H2,1-2H3,(H,15,18)(H,16,17). The Morgan fingerprint density at radius 2 is 2.00 bits per heavy atom. The summed E-state index contributed by atoms with van der Waals surface area (Å²) < 4.78 is 0. The quantitative estimate of drug-likeness (QED) is 0.737. The molecule has 18 heavy (non-hydrogen) atoms. The summed E-state index contributed by atoms with van der Waals surface area (Å²) >= 11 is 0. The number of nitrogens with two attached hydrogens (primary N) is 1. The zero-order valence-corrected chi connectivity index (χ0v) is 10.6. The minimum absolute atomic E-state index is 0.110. The van der Waals surface area contributed by atoms with Gasteiger partial charge in [0.05, 0.1) is 6.04 Å². The highest BCUT2D eigenvalue weighted by molar-refractivity contribution is 5.94. The third-order valence-corrected chi connectivity index (χ3v) is 2.78. The maximum atomic E-state index is 11.7. The van der Waals surface area contributed by atoms with Gasteiger partial charge in [-0.25, -0.2) is 0 Å².